The zero-order valence-corrected chi connectivity index (χ0v) is 18.8. The predicted molar refractivity (Wildman–Crippen MR) is 119 cm³/mol. The van der Waals surface area contributed by atoms with Crippen LogP contribution in [-0.2, 0) is 17.8 Å². The number of hydrogen-bond donors (Lipinski definition) is 0. The molecule has 0 aliphatic carbocycles. The maximum Gasteiger partial charge on any atom is 0.258 e. The molecule has 0 bridgehead atoms. The summed E-state index contributed by atoms with van der Waals surface area (Å²) in [6.07, 6.45) is 1.56. The normalized spacial score (nSPS) is 11.2. The molecular weight excluding hydrogens is 422 g/mol. The number of fused-ring (bicyclic) bond motifs is 1. The van der Waals surface area contributed by atoms with Gasteiger partial charge in [0.1, 0.15) is 5.65 Å². The molecule has 166 valence electrons. The van der Waals surface area contributed by atoms with Crippen molar-refractivity contribution in [3.05, 3.63) is 63.2 Å². The van der Waals surface area contributed by atoms with Crippen LogP contribution in [-0.4, -0.2) is 55.9 Å². The van der Waals surface area contributed by atoms with Gasteiger partial charge >= 0.3 is 0 Å². The Morgan fingerprint density at radius 2 is 1.71 bits per heavy atom. The van der Waals surface area contributed by atoms with E-state index in [1.165, 1.54) is 10.5 Å². The molecule has 3 rings (SSSR count). The van der Waals surface area contributed by atoms with E-state index in [0.717, 1.165) is 5.56 Å². The van der Waals surface area contributed by atoms with Crippen LogP contribution >= 0.6 is 11.6 Å². The number of methoxy groups -OCH3 is 4. The molecule has 0 saturated carbocycles. The zero-order valence-electron chi connectivity index (χ0n) is 18.1. The summed E-state index contributed by atoms with van der Waals surface area (Å²) in [5.74, 6) is 1.71. The third-order valence-electron chi connectivity index (χ3n) is 4.80. The van der Waals surface area contributed by atoms with Crippen molar-refractivity contribution in [2.24, 2.45) is 0 Å². The van der Waals surface area contributed by atoms with Gasteiger partial charge in [0.25, 0.3) is 5.56 Å². The molecule has 0 saturated heterocycles. The summed E-state index contributed by atoms with van der Waals surface area (Å²) in [6, 6.07) is 8.79. The van der Waals surface area contributed by atoms with E-state index in [1.807, 2.05) is 12.1 Å². The molecule has 0 radical (unpaired) electrons. The largest absolute Gasteiger partial charge is 0.493 e. The van der Waals surface area contributed by atoms with E-state index in [1.54, 1.807) is 46.8 Å². The van der Waals surface area contributed by atoms with Crippen molar-refractivity contribution in [2.45, 2.75) is 13.1 Å². The first-order chi connectivity index (χ1) is 15.0. The molecule has 0 atom stereocenters. The summed E-state index contributed by atoms with van der Waals surface area (Å²) in [6.45, 7) is 2.22. The minimum absolute atomic E-state index is 0.179. The molecule has 2 heterocycles. The Balaban J connectivity index is 1.90. The second kappa shape index (κ2) is 10.5. The van der Waals surface area contributed by atoms with Crippen molar-refractivity contribution in [2.75, 3.05) is 41.6 Å². The SMILES string of the molecule is COCCN(Cc1cc(OC)c(OC)c(OC)c1)Cc1cc(=O)n2cc(Cl)ccc2n1. The van der Waals surface area contributed by atoms with E-state index in [-0.39, 0.29) is 5.56 Å². The van der Waals surface area contributed by atoms with Gasteiger partial charge < -0.3 is 18.9 Å². The minimum Gasteiger partial charge on any atom is -0.493 e. The average Bonchev–Trinajstić information content (AvgIpc) is 2.77. The second-order valence-electron chi connectivity index (χ2n) is 6.90. The molecule has 2 aromatic heterocycles. The lowest BCUT2D eigenvalue weighted by atomic mass is 10.1. The number of rotatable bonds is 10. The summed E-state index contributed by atoms with van der Waals surface area (Å²) in [5.41, 5.74) is 2.00. The smallest absolute Gasteiger partial charge is 0.258 e. The van der Waals surface area contributed by atoms with Gasteiger partial charge in [0.05, 0.1) is 38.7 Å². The lowest BCUT2D eigenvalue weighted by Crippen LogP contribution is -2.28. The molecule has 0 aliphatic rings. The molecule has 3 aromatic rings. The number of halogens is 1. The van der Waals surface area contributed by atoms with Crippen LogP contribution in [0.5, 0.6) is 17.2 Å². The van der Waals surface area contributed by atoms with Gasteiger partial charge in [-0.2, -0.15) is 0 Å². The summed E-state index contributed by atoms with van der Waals surface area (Å²) in [7, 11) is 6.40. The van der Waals surface area contributed by atoms with Crippen LogP contribution in [0, 0.1) is 0 Å². The van der Waals surface area contributed by atoms with E-state index in [4.69, 9.17) is 30.5 Å². The number of benzene rings is 1. The molecule has 8 nitrogen and oxygen atoms in total. The molecule has 0 N–H and O–H groups in total. The maximum absolute atomic E-state index is 12.5. The lowest BCUT2D eigenvalue weighted by Gasteiger charge is -2.23. The monoisotopic (exact) mass is 447 g/mol. The van der Waals surface area contributed by atoms with Crippen LogP contribution < -0.4 is 19.8 Å². The first kappa shape index (κ1) is 22.9. The summed E-state index contributed by atoms with van der Waals surface area (Å²) in [4.78, 5) is 19.3. The number of hydrogen-bond acceptors (Lipinski definition) is 7. The fourth-order valence-corrected chi connectivity index (χ4v) is 3.52. The van der Waals surface area contributed by atoms with Crippen LogP contribution in [0.1, 0.15) is 11.3 Å². The number of ether oxygens (including phenoxy) is 4. The van der Waals surface area contributed by atoms with Crippen molar-refractivity contribution in [3.8, 4) is 17.2 Å². The van der Waals surface area contributed by atoms with Gasteiger partial charge in [-0.15, -0.1) is 0 Å². The first-order valence-corrected chi connectivity index (χ1v) is 10.0. The van der Waals surface area contributed by atoms with Gasteiger partial charge in [-0.1, -0.05) is 11.6 Å². The molecule has 0 amide bonds. The van der Waals surface area contributed by atoms with E-state index < -0.39 is 0 Å². The Morgan fingerprint density at radius 3 is 2.32 bits per heavy atom. The van der Waals surface area contributed by atoms with E-state index in [2.05, 4.69) is 9.88 Å². The van der Waals surface area contributed by atoms with Crippen LogP contribution in [0.3, 0.4) is 0 Å². The molecule has 0 fully saturated rings. The van der Waals surface area contributed by atoms with Gasteiger partial charge in [0.2, 0.25) is 5.75 Å². The van der Waals surface area contributed by atoms with Crippen LogP contribution in [0.2, 0.25) is 5.02 Å². The molecule has 1 aromatic carbocycles. The quantitative estimate of drug-likeness (QED) is 0.473. The summed E-state index contributed by atoms with van der Waals surface area (Å²) < 4.78 is 23.0. The Hall–Kier alpha value is -2.81. The first-order valence-electron chi connectivity index (χ1n) is 9.67. The third kappa shape index (κ3) is 5.46. The molecule has 31 heavy (non-hydrogen) atoms. The van der Waals surface area contributed by atoms with Crippen molar-refractivity contribution in [1.82, 2.24) is 14.3 Å². The van der Waals surface area contributed by atoms with Gasteiger partial charge in [0.15, 0.2) is 11.5 Å². The van der Waals surface area contributed by atoms with Crippen LogP contribution in [0.15, 0.2) is 41.3 Å². The lowest BCUT2D eigenvalue weighted by molar-refractivity contribution is 0.139. The van der Waals surface area contributed by atoms with Gasteiger partial charge in [0, 0.05) is 39.0 Å². The maximum atomic E-state index is 12.5. The van der Waals surface area contributed by atoms with E-state index in [9.17, 15) is 4.79 Å². The standard InChI is InChI=1S/C22H26ClN3O5/c1-28-8-7-25(12-15-9-18(29-2)22(31-4)19(10-15)30-3)14-17-11-21(27)26-13-16(23)5-6-20(26)24-17/h5-6,9-11,13H,7-8,12,14H2,1-4H3. The highest BCUT2D eigenvalue weighted by Crippen LogP contribution is 2.38. The van der Waals surface area contributed by atoms with Gasteiger partial charge in [-0.25, -0.2) is 4.98 Å². The van der Waals surface area contributed by atoms with Crippen molar-refractivity contribution >= 4 is 17.2 Å². The Morgan fingerprint density at radius 1 is 1.00 bits per heavy atom. The highest BCUT2D eigenvalue weighted by atomic mass is 35.5. The van der Waals surface area contributed by atoms with Crippen LogP contribution in [0.25, 0.3) is 5.65 Å². The molecule has 0 aliphatic heterocycles. The average molecular weight is 448 g/mol. The van der Waals surface area contributed by atoms with Crippen LogP contribution in [0.4, 0.5) is 0 Å². The third-order valence-corrected chi connectivity index (χ3v) is 5.03. The van der Waals surface area contributed by atoms with E-state index >= 15 is 0 Å². The summed E-state index contributed by atoms with van der Waals surface area (Å²) >= 11 is 5.99. The zero-order chi connectivity index (χ0) is 22.4. The molecule has 0 spiro atoms. The highest BCUT2D eigenvalue weighted by Gasteiger charge is 2.16. The highest BCUT2D eigenvalue weighted by molar-refractivity contribution is 6.30. The van der Waals surface area contributed by atoms with Gasteiger partial charge in [-0.3, -0.25) is 14.1 Å². The van der Waals surface area contributed by atoms with E-state index in [0.29, 0.717) is 59.9 Å². The topological polar surface area (TPSA) is 74.5 Å². The fraction of sp³-hybridized carbons (Fsp3) is 0.364. The predicted octanol–water partition coefficient (Wildman–Crippen LogP) is 3.02. The Bertz CT molecular complexity index is 1080. The molecular formula is C22H26ClN3O5. The Labute approximate surface area is 185 Å². The summed E-state index contributed by atoms with van der Waals surface area (Å²) in [5, 5.41) is 0.480. The van der Waals surface area contributed by atoms with Crippen molar-refractivity contribution in [3.63, 3.8) is 0 Å². The van der Waals surface area contributed by atoms with Gasteiger partial charge in [-0.05, 0) is 29.8 Å². The minimum atomic E-state index is -0.179. The number of pyridine rings is 1. The molecule has 9 heteroatoms. The van der Waals surface area contributed by atoms with Crippen molar-refractivity contribution in [1.29, 1.82) is 0 Å². The number of nitrogens with zero attached hydrogens (tertiary/aromatic N) is 3. The second-order valence-corrected chi connectivity index (χ2v) is 7.33. The molecule has 0 unspecified atom stereocenters. The number of aromatic nitrogens is 2. The van der Waals surface area contributed by atoms with Crippen molar-refractivity contribution < 1.29 is 18.9 Å². The Kier molecular flexibility index (Phi) is 7.73. The fourth-order valence-electron chi connectivity index (χ4n) is 3.36.